The van der Waals surface area contributed by atoms with Gasteiger partial charge in [-0.3, -0.25) is 4.79 Å². The Hall–Kier alpha value is -2.33. The lowest BCUT2D eigenvalue weighted by Gasteiger charge is -2.25. The van der Waals surface area contributed by atoms with Crippen molar-refractivity contribution in [3.05, 3.63) is 64.7 Å². The predicted octanol–water partition coefficient (Wildman–Crippen LogP) is 3.41. The zero-order valence-electron chi connectivity index (χ0n) is 15.8. The molecule has 1 atom stereocenters. The van der Waals surface area contributed by atoms with Crippen LogP contribution in [0.3, 0.4) is 0 Å². The van der Waals surface area contributed by atoms with Gasteiger partial charge >= 0.3 is 0 Å². The topological polar surface area (TPSA) is 41.6 Å². The van der Waals surface area contributed by atoms with Crippen LogP contribution in [0.2, 0.25) is 0 Å². The Morgan fingerprint density at radius 1 is 1.04 bits per heavy atom. The van der Waals surface area contributed by atoms with Crippen LogP contribution in [0, 0.1) is 20.8 Å². The monoisotopic (exact) mass is 340 g/mol. The Labute approximate surface area is 150 Å². The molecule has 0 aliphatic heterocycles. The number of para-hydroxylation sites is 1. The van der Waals surface area contributed by atoms with Crippen molar-refractivity contribution in [2.45, 2.75) is 26.8 Å². The van der Waals surface area contributed by atoms with Crippen LogP contribution in [0.25, 0.3) is 0 Å². The smallest absolute Gasteiger partial charge is 0.258 e. The molecule has 0 radical (unpaired) electrons. The molecule has 4 heteroatoms. The van der Waals surface area contributed by atoms with Crippen LogP contribution in [-0.4, -0.2) is 38.1 Å². The highest BCUT2D eigenvalue weighted by atomic mass is 16.5. The van der Waals surface area contributed by atoms with Gasteiger partial charge in [-0.1, -0.05) is 48.0 Å². The maximum absolute atomic E-state index is 12.2. The van der Waals surface area contributed by atoms with Crippen molar-refractivity contribution >= 4 is 5.91 Å². The van der Waals surface area contributed by atoms with E-state index in [-0.39, 0.29) is 18.6 Å². The van der Waals surface area contributed by atoms with Gasteiger partial charge < -0.3 is 15.0 Å². The lowest BCUT2D eigenvalue weighted by molar-refractivity contribution is -0.123. The number of hydrogen-bond donors (Lipinski definition) is 1. The number of carbonyl (C=O) groups excluding carboxylic acids is 1. The van der Waals surface area contributed by atoms with Crippen LogP contribution in [-0.2, 0) is 4.79 Å². The minimum atomic E-state index is -0.110. The molecule has 0 heterocycles. The number of aryl methyl sites for hydroxylation is 3. The molecule has 1 N–H and O–H groups in total. The van der Waals surface area contributed by atoms with E-state index in [4.69, 9.17) is 4.74 Å². The van der Waals surface area contributed by atoms with Crippen molar-refractivity contribution in [3.63, 3.8) is 0 Å². The second-order valence-electron chi connectivity index (χ2n) is 6.70. The summed E-state index contributed by atoms with van der Waals surface area (Å²) in [6.45, 7) is 6.62. The molecule has 0 bridgehead atoms. The zero-order chi connectivity index (χ0) is 18.4. The van der Waals surface area contributed by atoms with Gasteiger partial charge in [-0.2, -0.15) is 0 Å². The summed E-state index contributed by atoms with van der Waals surface area (Å²) in [6, 6.07) is 14.5. The summed E-state index contributed by atoms with van der Waals surface area (Å²) in [5, 5.41) is 2.98. The lowest BCUT2D eigenvalue weighted by Crippen LogP contribution is -2.37. The van der Waals surface area contributed by atoms with Crippen molar-refractivity contribution in [1.29, 1.82) is 0 Å². The largest absolute Gasteiger partial charge is 0.483 e. The number of benzene rings is 2. The molecule has 0 aromatic heterocycles. The molecule has 0 saturated heterocycles. The van der Waals surface area contributed by atoms with Crippen molar-refractivity contribution in [1.82, 2.24) is 10.2 Å². The van der Waals surface area contributed by atoms with E-state index in [0.29, 0.717) is 6.54 Å². The van der Waals surface area contributed by atoms with E-state index in [1.165, 1.54) is 11.1 Å². The molecule has 1 amide bonds. The summed E-state index contributed by atoms with van der Waals surface area (Å²) in [5.74, 6) is 0.682. The molecule has 0 aliphatic carbocycles. The van der Waals surface area contributed by atoms with Crippen LogP contribution in [0.1, 0.15) is 28.3 Å². The molecule has 0 spiro atoms. The molecular formula is C21H28N2O2. The molecule has 2 aromatic carbocycles. The summed E-state index contributed by atoms with van der Waals surface area (Å²) in [7, 11) is 4.04. The Kier molecular flexibility index (Phi) is 6.59. The molecule has 4 nitrogen and oxygen atoms in total. The number of carbonyl (C=O) groups is 1. The van der Waals surface area contributed by atoms with E-state index in [0.717, 1.165) is 16.9 Å². The molecular weight excluding hydrogens is 312 g/mol. The summed E-state index contributed by atoms with van der Waals surface area (Å²) < 4.78 is 5.72. The first kappa shape index (κ1) is 19.0. The summed E-state index contributed by atoms with van der Waals surface area (Å²) in [5.41, 5.74) is 4.50. The van der Waals surface area contributed by atoms with Crippen LogP contribution >= 0.6 is 0 Å². The summed E-state index contributed by atoms with van der Waals surface area (Å²) in [6.07, 6.45) is 0. The van der Waals surface area contributed by atoms with Gasteiger partial charge in [0, 0.05) is 6.54 Å². The van der Waals surface area contributed by atoms with Gasteiger partial charge in [0.1, 0.15) is 5.75 Å². The van der Waals surface area contributed by atoms with E-state index in [9.17, 15) is 4.79 Å². The third-order valence-corrected chi connectivity index (χ3v) is 4.33. The third kappa shape index (κ3) is 5.33. The van der Waals surface area contributed by atoms with Gasteiger partial charge in [0.15, 0.2) is 6.61 Å². The number of amides is 1. The Morgan fingerprint density at radius 3 is 2.20 bits per heavy atom. The fraction of sp³-hybridized carbons (Fsp3) is 0.381. The molecule has 25 heavy (non-hydrogen) atoms. The van der Waals surface area contributed by atoms with E-state index in [2.05, 4.69) is 41.4 Å². The first-order valence-corrected chi connectivity index (χ1v) is 8.57. The average molecular weight is 340 g/mol. The quantitative estimate of drug-likeness (QED) is 0.840. The van der Waals surface area contributed by atoms with Crippen LogP contribution in [0.15, 0.2) is 42.5 Å². The second kappa shape index (κ2) is 8.67. The fourth-order valence-electron chi connectivity index (χ4n) is 2.81. The summed E-state index contributed by atoms with van der Waals surface area (Å²) >= 11 is 0. The average Bonchev–Trinajstić information content (AvgIpc) is 2.56. The SMILES string of the molecule is Cc1ccc([C@@H](CNC(=O)COc2c(C)cccc2C)N(C)C)cc1. The number of rotatable bonds is 7. The van der Waals surface area contributed by atoms with Gasteiger partial charge in [0.2, 0.25) is 0 Å². The van der Waals surface area contributed by atoms with Crippen molar-refractivity contribution in [3.8, 4) is 5.75 Å². The number of nitrogens with zero attached hydrogens (tertiary/aromatic N) is 1. The van der Waals surface area contributed by atoms with Crippen molar-refractivity contribution in [2.75, 3.05) is 27.2 Å². The van der Waals surface area contributed by atoms with E-state index < -0.39 is 0 Å². The maximum atomic E-state index is 12.2. The van der Waals surface area contributed by atoms with Gasteiger partial charge in [0.05, 0.1) is 6.04 Å². The van der Waals surface area contributed by atoms with E-state index in [1.54, 1.807) is 0 Å². The number of nitrogens with one attached hydrogen (secondary N) is 1. The first-order chi connectivity index (χ1) is 11.9. The number of ether oxygens (including phenoxy) is 1. The fourth-order valence-corrected chi connectivity index (χ4v) is 2.81. The maximum Gasteiger partial charge on any atom is 0.258 e. The highest BCUT2D eigenvalue weighted by Gasteiger charge is 2.15. The van der Waals surface area contributed by atoms with Crippen molar-refractivity contribution < 1.29 is 9.53 Å². The Morgan fingerprint density at radius 2 is 1.64 bits per heavy atom. The Balaban J connectivity index is 1.92. The normalized spacial score (nSPS) is 12.1. The van der Waals surface area contributed by atoms with Crippen LogP contribution in [0.4, 0.5) is 0 Å². The standard InChI is InChI=1S/C21H28N2O2/c1-15-9-11-18(12-10-15)19(23(4)5)13-22-20(24)14-25-21-16(2)7-6-8-17(21)3/h6-12,19H,13-14H2,1-5H3,(H,22,24)/t19-/m1/s1. The van der Waals surface area contributed by atoms with Crippen molar-refractivity contribution in [2.24, 2.45) is 0 Å². The minimum Gasteiger partial charge on any atom is -0.483 e. The van der Waals surface area contributed by atoms with E-state index in [1.807, 2.05) is 46.1 Å². The van der Waals surface area contributed by atoms with Gasteiger partial charge in [0.25, 0.3) is 5.91 Å². The third-order valence-electron chi connectivity index (χ3n) is 4.33. The lowest BCUT2D eigenvalue weighted by atomic mass is 10.0. The molecule has 134 valence electrons. The molecule has 2 rings (SSSR count). The molecule has 0 unspecified atom stereocenters. The zero-order valence-corrected chi connectivity index (χ0v) is 15.8. The highest BCUT2D eigenvalue weighted by molar-refractivity contribution is 5.77. The minimum absolute atomic E-state index is 0.0275. The van der Waals surface area contributed by atoms with Crippen LogP contribution < -0.4 is 10.1 Å². The van der Waals surface area contributed by atoms with Crippen LogP contribution in [0.5, 0.6) is 5.75 Å². The number of hydrogen-bond acceptors (Lipinski definition) is 3. The van der Waals surface area contributed by atoms with E-state index >= 15 is 0 Å². The predicted molar refractivity (Wildman–Crippen MR) is 102 cm³/mol. The Bertz CT molecular complexity index is 688. The molecule has 0 saturated carbocycles. The second-order valence-corrected chi connectivity index (χ2v) is 6.70. The molecule has 2 aromatic rings. The van der Waals surface area contributed by atoms with Gasteiger partial charge in [-0.05, 0) is 51.6 Å². The van der Waals surface area contributed by atoms with Gasteiger partial charge in [-0.15, -0.1) is 0 Å². The number of likely N-dealkylation sites (N-methyl/N-ethyl adjacent to an activating group) is 1. The highest BCUT2D eigenvalue weighted by Crippen LogP contribution is 2.22. The van der Waals surface area contributed by atoms with Gasteiger partial charge in [-0.25, -0.2) is 0 Å². The summed E-state index contributed by atoms with van der Waals surface area (Å²) in [4.78, 5) is 14.3. The molecule has 0 fully saturated rings. The molecule has 0 aliphatic rings. The first-order valence-electron chi connectivity index (χ1n) is 8.57.